The lowest BCUT2D eigenvalue weighted by atomic mass is 9.94. The van der Waals surface area contributed by atoms with E-state index >= 15 is 0 Å². The summed E-state index contributed by atoms with van der Waals surface area (Å²) in [4.78, 5) is 12.1. The molecule has 0 saturated heterocycles. The van der Waals surface area contributed by atoms with Crippen LogP contribution >= 0.6 is 0 Å². The molecule has 0 unspecified atom stereocenters. The van der Waals surface area contributed by atoms with E-state index in [0.717, 1.165) is 28.7 Å². The van der Waals surface area contributed by atoms with Crippen molar-refractivity contribution in [3.05, 3.63) is 89.5 Å². The highest BCUT2D eigenvalue weighted by atomic mass is 16.6. The Morgan fingerprint density at radius 1 is 1.00 bits per heavy atom. The van der Waals surface area contributed by atoms with E-state index in [1.165, 1.54) is 5.57 Å². The Hall–Kier alpha value is -3.07. The fraction of sp³-hybridized carbons (Fsp3) is 0.296. The minimum Gasteiger partial charge on any atom is -0.444 e. The molecule has 2 aromatic rings. The summed E-state index contributed by atoms with van der Waals surface area (Å²) in [7, 11) is 0. The van der Waals surface area contributed by atoms with E-state index < -0.39 is 11.7 Å². The lowest BCUT2D eigenvalue weighted by molar-refractivity contribution is 0.0523. The van der Waals surface area contributed by atoms with E-state index in [0.29, 0.717) is 6.54 Å². The largest absolute Gasteiger partial charge is 0.444 e. The van der Waals surface area contributed by atoms with Crippen LogP contribution in [0.5, 0.6) is 0 Å². The SMILES string of the molecule is CC=CC(C=Cc1ccccc1-c1ccccc1CNC(=O)OC(C)(C)C)=CCC. The maximum Gasteiger partial charge on any atom is 0.407 e. The minimum absolute atomic E-state index is 0.405. The number of ether oxygens (including phenoxy) is 1. The van der Waals surface area contributed by atoms with Gasteiger partial charge in [-0.25, -0.2) is 4.79 Å². The van der Waals surface area contributed by atoms with Crippen LogP contribution in [-0.4, -0.2) is 11.7 Å². The Balaban J connectivity index is 2.31. The molecule has 3 nitrogen and oxygen atoms in total. The molecule has 0 bridgehead atoms. The van der Waals surface area contributed by atoms with Crippen molar-refractivity contribution in [3.8, 4) is 11.1 Å². The van der Waals surface area contributed by atoms with Crippen LogP contribution in [0.15, 0.2) is 78.4 Å². The summed E-state index contributed by atoms with van der Waals surface area (Å²) in [5.41, 5.74) is 5.08. The molecule has 0 aliphatic carbocycles. The zero-order chi connectivity index (χ0) is 22.0. The molecule has 2 aromatic carbocycles. The molecule has 0 radical (unpaired) electrons. The van der Waals surface area contributed by atoms with Crippen molar-refractivity contribution in [2.75, 3.05) is 0 Å². The first-order valence-electron chi connectivity index (χ1n) is 10.5. The number of carbonyl (C=O) groups excluding carboxylic acids is 1. The van der Waals surface area contributed by atoms with Gasteiger partial charge in [-0.1, -0.05) is 85.8 Å². The average Bonchev–Trinajstić information content (AvgIpc) is 2.70. The molecule has 0 spiro atoms. The van der Waals surface area contributed by atoms with Gasteiger partial charge in [-0.3, -0.25) is 0 Å². The third-order valence-corrected chi connectivity index (χ3v) is 4.34. The molecule has 3 heteroatoms. The van der Waals surface area contributed by atoms with Crippen molar-refractivity contribution in [2.45, 2.75) is 53.2 Å². The smallest absolute Gasteiger partial charge is 0.407 e. The van der Waals surface area contributed by atoms with Crippen LogP contribution in [0.25, 0.3) is 17.2 Å². The van der Waals surface area contributed by atoms with Crippen LogP contribution in [0.3, 0.4) is 0 Å². The summed E-state index contributed by atoms with van der Waals surface area (Å²) in [6.45, 7) is 10.1. The van der Waals surface area contributed by atoms with Gasteiger partial charge in [0.05, 0.1) is 0 Å². The molecular formula is C27H33NO2. The molecular weight excluding hydrogens is 370 g/mol. The number of nitrogens with one attached hydrogen (secondary N) is 1. The zero-order valence-electron chi connectivity index (χ0n) is 18.7. The van der Waals surface area contributed by atoms with E-state index in [-0.39, 0.29) is 0 Å². The number of benzene rings is 2. The summed E-state index contributed by atoms with van der Waals surface area (Å²) in [6, 6.07) is 16.5. The van der Waals surface area contributed by atoms with Crippen molar-refractivity contribution in [3.63, 3.8) is 0 Å². The fourth-order valence-electron chi connectivity index (χ4n) is 3.11. The van der Waals surface area contributed by atoms with Crippen LogP contribution in [0.4, 0.5) is 4.79 Å². The first kappa shape index (κ1) is 23.2. The molecule has 1 amide bonds. The summed E-state index contributed by atoms with van der Waals surface area (Å²) >= 11 is 0. The first-order chi connectivity index (χ1) is 14.3. The van der Waals surface area contributed by atoms with Gasteiger partial charge in [-0.2, -0.15) is 0 Å². The molecule has 1 N–H and O–H groups in total. The second kappa shape index (κ2) is 11.2. The molecule has 0 aromatic heterocycles. The molecule has 0 aliphatic heterocycles. The van der Waals surface area contributed by atoms with E-state index in [4.69, 9.17) is 4.74 Å². The third-order valence-electron chi connectivity index (χ3n) is 4.34. The van der Waals surface area contributed by atoms with Gasteiger partial charge in [0.15, 0.2) is 0 Å². The Labute approximate surface area is 181 Å². The summed E-state index contributed by atoms with van der Waals surface area (Å²) in [5, 5.41) is 2.87. The van der Waals surface area contributed by atoms with E-state index in [2.05, 4.69) is 60.8 Å². The fourth-order valence-corrected chi connectivity index (χ4v) is 3.11. The molecule has 2 rings (SSSR count). The third kappa shape index (κ3) is 7.40. The van der Waals surface area contributed by atoms with Crippen LogP contribution in [0, 0.1) is 0 Å². The number of rotatable bonds is 7. The van der Waals surface area contributed by atoms with E-state index in [9.17, 15) is 4.79 Å². The second-order valence-corrected chi connectivity index (χ2v) is 8.05. The monoisotopic (exact) mass is 403 g/mol. The maximum absolute atomic E-state index is 12.1. The molecule has 0 aliphatic rings. The summed E-state index contributed by atoms with van der Waals surface area (Å²) in [5.74, 6) is 0. The van der Waals surface area contributed by atoms with Crippen molar-refractivity contribution in [1.29, 1.82) is 0 Å². The number of alkyl carbamates (subject to hydrolysis) is 1. The highest BCUT2D eigenvalue weighted by Crippen LogP contribution is 2.28. The van der Waals surface area contributed by atoms with Gasteiger partial charge in [0.1, 0.15) is 5.60 Å². The van der Waals surface area contributed by atoms with Crippen molar-refractivity contribution in [2.24, 2.45) is 0 Å². The highest BCUT2D eigenvalue weighted by Gasteiger charge is 2.16. The maximum atomic E-state index is 12.1. The van der Waals surface area contributed by atoms with Gasteiger partial charge < -0.3 is 10.1 Å². The van der Waals surface area contributed by atoms with Crippen molar-refractivity contribution >= 4 is 12.2 Å². The quantitative estimate of drug-likeness (QED) is 0.492. The number of amides is 1. The predicted molar refractivity (Wildman–Crippen MR) is 127 cm³/mol. The zero-order valence-corrected chi connectivity index (χ0v) is 18.7. The van der Waals surface area contributed by atoms with Crippen LogP contribution in [0.1, 0.15) is 52.2 Å². The molecule has 0 fully saturated rings. The van der Waals surface area contributed by atoms with Gasteiger partial charge in [0.25, 0.3) is 0 Å². The number of carbonyl (C=O) groups is 1. The van der Waals surface area contributed by atoms with Gasteiger partial charge in [0, 0.05) is 6.54 Å². The summed E-state index contributed by atoms with van der Waals surface area (Å²) in [6.07, 6.45) is 11.2. The van der Waals surface area contributed by atoms with Crippen molar-refractivity contribution < 1.29 is 9.53 Å². The van der Waals surface area contributed by atoms with Gasteiger partial charge in [0.2, 0.25) is 0 Å². The Kier molecular flexibility index (Phi) is 8.67. The van der Waals surface area contributed by atoms with Crippen LogP contribution in [0.2, 0.25) is 0 Å². The molecule has 0 saturated carbocycles. The first-order valence-corrected chi connectivity index (χ1v) is 10.5. The normalized spacial score (nSPS) is 12.5. The number of allylic oxidation sites excluding steroid dienone is 5. The molecule has 0 heterocycles. The van der Waals surface area contributed by atoms with E-state index in [1.807, 2.05) is 58.0 Å². The summed E-state index contributed by atoms with van der Waals surface area (Å²) < 4.78 is 5.37. The molecule has 158 valence electrons. The second-order valence-electron chi connectivity index (χ2n) is 8.05. The topological polar surface area (TPSA) is 38.3 Å². The lowest BCUT2D eigenvalue weighted by Gasteiger charge is -2.20. The number of hydrogen-bond donors (Lipinski definition) is 1. The standard InChI is InChI=1S/C27H33NO2/c1-6-12-21(13-7-2)18-19-22-14-8-10-16-24(22)25-17-11-9-15-23(25)20-28-26(29)30-27(3,4)5/h6,8-19H,7,20H2,1-5H3,(H,28,29). The molecule has 30 heavy (non-hydrogen) atoms. The van der Waals surface area contributed by atoms with Crippen molar-refractivity contribution in [1.82, 2.24) is 5.32 Å². The van der Waals surface area contributed by atoms with E-state index in [1.54, 1.807) is 0 Å². The highest BCUT2D eigenvalue weighted by molar-refractivity contribution is 5.78. The molecule has 0 atom stereocenters. The van der Waals surface area contributed by atoms with Crippen LogP contribution < -0.4 is 5.32 Å². The number of hydrogen-bond acceptors (Lipinski definition) is 2. The van der Waals surface area contributed by atoms with Gasteiger partial charge >= 0.3 is 6.09 Å². The van der Waals surface area contributed by atoms with Crippen LogP contribution in [-0.2, 0) is 11.3 Å². The Bertz CT molecular complexity index is 930. The average molecular weight is 404 g/mol. The Morgan fingerprint density at radius 2 is 1.67 bits per heavy atom. The minimum atomic E-state index is -0.516. The predicted octanol–water partition coefficient (Wildman–Crippen LogP) is 7.30. The lowest BCUT2D eigenvalue weighted by Crippen LogP contribution is -2.32. The Morgan fingerprint density at radius 3 is 2.33 bits per heavy atom. The van der Waals surface area contributed by atoms with Gasteiger partial charge in [-0.15, -0.1) is 0 Å². The van der Waals surface area contributed by atoms with Gasteiger partial charge in [-0.05, 0) is 61.9 Å².